The summed E-state index contributed by atoms with van der Waals surface area (Å²) in [6.07, 6.45) is 5.74. The normalized spacial score (nSPS) is 17.7. The molecule has 0 spiro atoms. The second-order valence-corrected chi connectivity index (χ2v) is 7.64. The second-order valence-electron chi connectivity index (χ2n) is 7.64. The Kier molecular flexibility index (Phi) is 5.96. The maximum Gasteiger partial charge on any atom is 0.292 e. The number of aromatic hydroxyl groups is 1. The average molecular weight is 356 g/mol. The van der Waals surface area contributed by atoms with Gasteiger partial charge in [-0.1, -0.05) is 31.1 Å². The molecule has 0 radical (unpaired) electrons. The van der Waals surface area contributed by atoms with Crippen LogP contribution in [0.15, 0.2) is 34.9 Å². The van der Waals surface area contributed by atoms with Gasteiger partial charge in [0.05, 0.1) is 5.69 Å². The van der Waals surface area contributed by atoms with Gasteiger partial charge in [0.2, 0.25) is 5.76 Å². The van der Waals surface area contributed by atoms with Crippen molar-refractivity contribution in [2.45, 2.75) is 58.4 Å². The number of carbonyl (C=O) groups is 1. The van der Waals surface area contributed by atoms with Gasteiger partial charge in [-0.3, -0.25) is 4.79 Å². The first-order chi connectivity index (χ1) is 12.5. The fraction of sp³-hybridized carbons (Fsp3) is 0.524. The zero-order valence-corrected chi connectivity index (χ0v) is 15.6. The molecule has 2 aromatic rings. The molecule has 0 bridgehead atoms. The van der Waals surface area contributed by atoms with Crippen LogP contribution in [0.25, 0.3) is 0 Å². The van der Waals surface area contributed by atoms with Crippen molar-refractivity contribution in [2.24, 2.45) is 5.92 Å². The molecule has 5 heteroatoms. The number of nitrogens with zero attached hydrogens (tertiary/aromatic N) is 2. The monoisotopic (exact) mass is 356 g/mol. The van der Waals surface area contributed by atoms with E-state index < -0.39 is 0 Å². The van der Waals surface area contributed by atoms with Gasteiger partial charge in [0, 0.05) is 18.7 Å². The van der Waals surface area contributed by atoms with Gasteiger partial charge in [0.15, 0.2) is 0 Å². The van der Waals surface area contributed by atoms with Crippen LogP contribution in [0.3, 0.4) is 0 Å². The fourth-order valence-electron chi connectivity index (χ4n) is 3.68. The van der Waals surface area contributed by atoms with Crippen molar-refractivity contribution < 1.29 is 14.4 Å². The average Bonchev–Trinajstić information content (AvgIpc) is 3.07. The molecular weight excluding hydrogens is 328 g/mol. The third kappa shape index (κ3) is 4.65. The van der Waals surface area contributed by atoms with E-state index in [1.807, 2.05) is 17.0 Å². The topological polar surface area (TPSA) is 66.6 Å². The Morgan fingerprint density at radius 2 is 2.19 bits per heavy atom. The number of amides is 1. The lowest BCUT2D eigenvalue weighted by Gasteiger charge is -2.35. The smallest absolute Gasteiger partial charge is 0.292 e. The summed E-state index contributed by atoms with van der Waals surface area (Å²) in [4.78, 5) is 14.9. The summed E-state index contributed by atoms with van der Waals surface area (Å²) in [5, 5.41) is 13.7. The van der Waals surface area contributed by atoms with E-state index in [1.54, 1.807) is 18.2 Å². The Hall–Kier alpha value is -2.30. The van der Waals surface area contributed by atoms with Gasteiger partial charge in [0.1, 0.15) is 5.75 Å². The van der Waals surface area contributed by atoms with E-state index in [0.29, 0.717) is 17.4 Å². The van der Waals surface area contributed by atoms with Gasteiger partial charge in [0.25, 0.3) is 5.91 Å². The summed E-state index contributed by atoms with van der Waals surface area (Å²) >= 11 is 0. The van der Waals surface area contributed by atoms with Gasteiger partial charge in [-0.2, -0.15) is 0 Å². The number of phenols is 1. The van der Waals surface area contributed by atoms with Gasteiger partial charge in [-0.15, -0.1) is 0 Å². The molecule has 0 saturated carbocycles. The number of carbonyl (C=O) groups excluding carboxylic acids is 1. The molecule has 1 N–H and O–H groups in total. The minimum absolute atomic E-state index is 0.0480. The first-order valence-corrected chi connectivity index (χ1v) is 9.57. The molecule has 1 amide bonds. The third-order valence-corrected chi connectivity index (χ3v) is 4.95. The molecule has 0 unspecified atom stereocenters. The molecule has 140 valence electrons. The number of likely N-dealkylation sites (tertiary alicyclic amines) is 1. The van der Waals surface area contributed by atoms with Crippen molar-refractivity contribution in [1.82, 2.24) is 10.1 Å². The van der Waals surface area contributed by atoms with Crippen LogP contribution in [0.2, 0.25) is 0 Å². The number of aryl methyl sites for hydroxylation is 1. The van der Waals surface area contributed by atoms with Crippen molar-refractivity contribution in [3.05, 3.63) is 47.3 Å². The van der Waals surface area contributed by atoms with Gasteiger partial charge >= 0.3 is 0 Å². The molecular formula is C21H28N2O3. The van der Waals surface area contributed by atoms with Crippen molar-refractivity contribution in [3.63, 3.8) is 0 Å². The van der Waals surface area contributed by atoms with Gasteiger partial charge < -0.3 is 14.5 Å². The lowest BCUT2D eigenvalue weighted by Crippen LogP contribution is -2.43. The Morgan fingerprint density at radius 1 is 1.35 bits per heavy atom. The number of piperidine rings is 1. The summed E-state index contributed by atoms with van der Waals surface area (Å²) in [6.45, 7) is 5.01. The summed E-state index contributed by atoms with van der Waals surface area (Å²) in [5.74, 6) is 1.07. The minimum Gasteiger partial charge on any atom is -0.508 e. The standard InChI is InChI=1S/C21H28N2O3/c1-15(2)12-17-14-20(26-22-17)21(25)23-11-4-3-7-18(23)10-9-16-6-5-8-19(24)13-16/h5-6,8,13-15,18,24H,3-4,7,9-12H2,1-2H3/t18-/m1/s1. The molecule has 3 rings (SSSR count). The predicted octanol–water partition coefficient (Wildman–Crippen LogP) is 4.21. The van der Waals surface area contributed by atoms with E-state index in [2.05, 4.69) is 19.0 Å². The summed E-state index contributed by atoms with van der Waals surface area (Å²) in [6, 6.07) is 9.35. The van der Waals surface area contributed by atoms with Gasteiger partial charge in [-0.25, -0.2) is 0 Å². The molecule has 1 atom stereocenters. The second kappa shape index (κ2) is 8.39. The molecule has 1 aromatic carbocycles. The molecule has 2 heterocycles. The Morgan fingerprint density at radius 3 is 2.96 bits per heavy atom. The number of benzene rings is 1. The van der Waals surface area contributed by atoms with E-state index in [1.165, 1.54) is 0 Å². The van der Waals surface area contributed by atoms with Gasteiger partial charge in [-0.05, 0) is 62.1 Å². The highest BCUT2D eigenvalue weighted by Crippen LogP contribution is 2.24. The SMILES string of the molecule is CC(C)Cc1cc(C(=O)N2CCCC[C@@H]2CCc2cccc(O)c2)on1. The highest BCUT2D eigenvalue weighted by molar-refractivity contribution is 5.91. The first kappa shape index (κ1) is 18.5. The predicted molar refractivity (Wildman–Crippen MR) is 100 cm³/mol. The highest BCUT2D eigenvalue weighted by atomic mass is 16.5. The van der Waals surface area contributed by atoms with Crippen LogP contribution in [0, 0.1) is 5.92 Å². The van der Waals surface area contributed by atoms with E-state index in [-0.39, 0.29) is 11.9 Å². The van der Waals surface area contributed by atoms with Crippen molar-refractivity contribution in [3.8, 4) is 5.75 Å². The molecule has 0 aliphatic carbocycles. The first-order valence-electron chi connectivity index (χ1n) is 9.57. The van der Waals surface area contributed by atoms with Crippen LogP contribution in [-0.4, -0.2) is 33.7 Å². The van der Waals surface area contributed by atoms with Crippen molar-refractivity contribution in [2.75, 3.05) is 6.54 Å². The number of hydrogen-bond acceptors (Lipinski definition) is 4. The molecule has 5 nitrogen and oxygen atoms in total. The number of phenolic OH excluding ortho intramolecular Hbond substituents is 1. The molecule has 1 aliphatic heterocycles. The van der Waals surface area contributed by atoms with Crippen molar-refractivity contribution >= 4 is 5.91 Å². The van der Waals surface area contributed by atoms with Crippen LogP contribution >= 0.6 is 0 Å². The lowest BCUT2D eigenvalue weighted by molar-refractivity contribution is 0.0560. The highest BCUT2D eigenvalue weighted by Gasteiger charge is 2.29. The Balaban J connectivity index is 1.66. The molecule has 1 saturated heterocycles. The molecule has 1 aliphatic rings. The number of rotatable bonds is 6. The maximum atomic E-state index is 12.9. The van der Waals surface area contributed by atoms with Crippen LogP contribution < -0.4 is 0 Å². The van der Waals surface area contributed by atoms with Crippen LogP contribution in [0.4, 0.5) is 0 Å². The van der Waals surface area contributed by atoms with E-state index in [4.69, 9.17) is 4.52 Å². The Labute approximate surface area is 155 Å². The lowest BCUT2D eigenvalue weighted by atomic mass is 9.95. The molecule has 1 aromatic heterocycles. The Bertz CT molecular complexity index is 738. The summed E-state index contributed by atoms with van der Waals surface area (Å²) in [5.41, 5.74) is 1.94. The van der Waals surface area contributed by atoms with E-state index in [9.17, 15) is 9.90 Å². The zero-order chi connectivity index (χ0) is 18.5. The minimum atomic E-state index is -0.0480. The summed E-state index contributed by atoms with van der Waals surface area (Å²) in [7, 11) is 0. The number of hydrogen-bond donors (Lipinski definition) is 1. The zero-order valence-electron chi connectivity index (χ0n) is 15.6. The van der Waals surface area contributed by atoms with E-state index >= 15 is 0 Å². The van der Waals surface area contributed by atoms with Crippen molar-refractivity contribution in [1.29, 1.82) is 0 Å². The van der Waals surface area contributed by atoms with E-state index in [0.717, 1.165) is 56.3 Å². The van der Waals surface area contributed by atoms with Crippen LogP contribution in [0.5, 0.6) is 5.75 Å². The van der Waals surface area contributed by atoms with Crippen LogP contribution in [-0.2, 0) is 12.8 Å². The molecule has 1 fully saturated rings. The largest absolute Gasteiger partial charge is 0.508 e. The molecule has 26 heavy (non-hydrogen) atoms. The quantitative estimate of drug-likeness (QED) is 0.842. The number of aromatic nitrogens is 1. The summed E-state index contributed by atoms with van der Waals surface area (Å²) < 4.78 is 5.33. The van der Waals surface area contributed by atoms with Crippen LogP contribution in [0.1, 0.15) is 61.3 Å². The fourth-order valence-corrected chi connectivity index (χ4v) is 3.68. The third-order valence-electron chi connectivity index (χ3n) is 4.95. The maximum absolute atomic E-state index is 12.9.